The lowest BCUT2D eigenvalue weighted by Gasteiger charge is -2.13. The van der Waals surface area contributed by atoms with E-state index in [1.807, 2.05) is 30.3 Å². The number of rotatable bonds is 5. The van der Waals surface area contributed by atoms with Crippen molar-refractivity contribution in [3.63, 3.8) is 0 Å². The van der Waals surface area contributed by atoms with Crippen molar-refractivity contribution >= 4 is 0 Å². The summed E-state index contributed by atoms with van der Waals surface area (Å²) in [4.78, 5) is 5.37. The van der Waals surface area contributed by atoms with E-state index in [0.29, 0.717) is 6.61 Å². The number of nitriles is 1. The van der Waals surface area contributed by atoms with Gasteiger partial charge in [0.15, 0.2) is 0 Å². The summed E-state index contributed by atoms with van der Waals surface area (Å²) in [5, 5.41) is 8.69. The van der Waals surface area contributed by atoms with Crippen LogP contribution in [0.25, 0.3) is 11.1 Å². The monoisotopic (exact) mass is 266 g/mol. The van der Waals surface area contributed by atoms with Crippen LogP contribution in [0.15, 0.2) is 48.5 Å². The van der Waals surface area contributed by atoms with Crippen LogP contribution in [-0.4, -0.2) is 6.04 Å². The summed E-state index contributed by atoms with van der Waals surface area (Å²) in [5.41, 5.74) is 7.43. The Morgan fingerprint density at radius 2 is 1.90 bits per heavy atom. The Balaban J connectivity index is 2.14. The van der Waals surface area contributed by atoms with E-state index in [9.17, 15) is 0 Å². The van der Waals surface area contributed by atoms with Gasteiger partial charge in [0.1, 0.15) is 6.04 Å². The minimum atomic E-state index is -0.312. The van der Waals surface area contributed by atoms with Gasteiger partial charge in [-0.15, -0.1) is 0 Å². The van der Waals surface area contributed by atoms with Gasteiger partial charge in [0.05, 0.1) is 12.7 Å². The summed E-state index contributed by atoms with van der Waals surface area (Å²) in [6, 6.07) is 18.2. The lowest BCUT2D eigenvalue weighted by atomic mass is 9.97. The molecular weight excluding hydrogens is 248 g/mol. The highest BCUT2D eigenvalue weighted by Gasteiger charge is 2.06. The van der Waals surface area contributed by atoms with Crippen molar-refractivity contribution in [3.05, 3.63) is 59.7 Å². The van der Waals surface area contributed by atoms with Crippen molar-refractivity contribution in [3.8, 4) is 17.2 Å². The average molecular weight is 266 g/mol. The summed E-state index contributed by atoms with van der Waals surface area (Å²) in [7, 11) is 0. The highest BCUT2D eigenvalue weighted by molar-refractivity contribution is 5.68. The molecule has 0 fully saturated rings. The molecule has 0 amide bonds. The van der Waals surface area contributed by atoms with Crippen LogP contribution in [0.2, 0.25) is 0 Å². The van der Waals surface area contributed by atoms with E-state index >= 15 is 0 Å². The molecular formula is C17H18N2O. The first kappa shape index (κ1) is 14.3. The molecule has 3 nitrogen and oxygen atoms in total. The van der Waals surface area contributed by atoms with Crippen molar-refractivity contribution in [1.82, 2.24) is 5.48 Å². The summed E-state index contributed by atoms with van der Waals surface area (Å²) < 4.78 is 0. The summed E-state index contributed by atoms with van der Waals surface area (Å²) in [5.74, 6) is 0. The van der Waals surface area contributed by atoms with Gasteiger partial charge in [-0.3, -0.25) is 4.84 Å². The zero-order valence-electron chi connectivity index (χ0n) is 11.8. The van der Waals surface area contributed by atoms with Crippen LogP contribution >= 0.6 is 0 Å². The number of hydrogen-bond donors (Lipinski definition) is 1. The molecule has 0 spiro atoms. The molecule has 1 unspecified atom stereocenters. The van der Waals surface area contributed by atoms with Gasteiger partial charge in [0.25, 0.3) is 0 Å². The van der Waals surface area contributed by atoms with Gasteiger partial charge < -0.3 is 0 Å². The van der Waals surface area contributed by atoms with Crippen LogP contribution in [0.3, 0.4) is 0 Å². The molecule has 2 aromatic carbocycles. The molecule has 1 N–H and O–H groups in total. The lowest BCUT2D eigenvalue weighted by Crippen LogP contribution is -2.24. The molecule has 0 aromatic heterocycles. The summed E-state index contributed by atoms with van der Waals surface area (Å²) in [6.07, 6.45) is 0. The molecule has 0 bridgehead atoms. The van der Waals surface area contributed by atoms with Gasteiger partial charge in [-0.1, -0.05) is 48.5 Å². The first-order valence-electron chi connectivity index (χ1n) is 6.63. The first-order valence-corrected chi connectivity index (χ1v) is 6.63. The fourth-order valence-electron chi connectivity index (χ4n) is 2.04. The Bertz CT molecular complexity index is 602. The van der Waals surface area contributed by atoms with Crippen LogP contribution in [0, 0.1) is 18.3 Å². The van der Waals surface area contributed by atoms with Crippen molar-refractivity contribution in [1.29, 1.82) is 5.26 Å². The molecule has 0 aliphatic carbocycles. The predicted molar refractivity (Wildman–Crippen MR) is 79.6 cm³/mol. The Labute approximate surface area is 119 Å². The van der Waals surface area contributed by atoms with Crippen molar-refractivity contribution in [2.24, 2.45) is 0 Å². The van der Waals surface area contributed by atoms with Gasteiger partial charge >= 0.3 is 0 Å². The Morgan fingerprint density at radius 3 is 2.60 bits per heavy atom. The maximum Gasteiger partial charge on any atom is 0.116 e. The topological polar surface area (TPSA) is 45.0 Å². The second kappa shape index (κ2) is 6.85. The van der Waals surface area contributed by atoms with Crippen LogP contribution < -0.4 is 5.48 Å². The maximum absolute atomic E-state index is 8.69. The zero-order chi connectivity index (χ0) is 14.4. The van der Waals surface area contributed by atoms with E-state index in [1.54, 1.807) is 6.92 Å². The molecule has 2 aromatic rings. The second-order valence-electron chi connectivity index (χ2n) is 4.71. The normalized spacial score (nSPS) is 11.8. The number of nitrogens with one attached hydrogen (secondary N) is 1. The van der Waals surface area contributed by atoms with Crippen LogP contribution in [0.4, 0.5) is 0 Å². The fourth-order valence-corrected chi connectivity index (χ4v) is 2.04. The number of benzene rings is 2. The van der Waals surface area contributed by atoms with Gasteiger partial charge in [-0.05, 0) is 36.1 Å². The van der Waals surface area contributed by atoms with Crippen LogP contribution in [-0.2, 0) is 11.4 Å². The summed E-state index contributed by atoms with van der Waals surface area (Å²) in [6.45, 7) is 4.29. The molecule has 0 aliphatic heterocycles. The molecule has 1 atom stereocenters. The molecule has 0 aliphatic rings. The molecule has 20 heavy (non-hydrogen) atoms. The largest absolute Gasteiger partial charge is 0.296 e. The first-order chi connectivity index (χ1) is 9.72. The number of hydroxylamine groups is 1. The van der Waals surface area contributed by atoms with E-state index in [4.69, 9.17) is 10.1 Å². The molecule has 0 saturated carbocycles. The SMILES string of the molecule is Cc1c(CONC(C)C#N)cccc1-c1ccccc1. The van der Waals surface area contributed by atoms with E-state index in [1.165, 1.54) is 16.7 Å². The van der Waals surface area contributed by atoms with Crippen LogP contribution in [0.1, 0.15) is 18.1 Å². The van der Waals surface area contributed by atoms with Crippen LogP contribution in [0.5, 0.6) is 0 Å². The molecule has 2 rings (SSSR count). The number of hydrogen-bond acceptors (Lipinski definition) is 3. The number of nitrogens with zero attached hydrogens (tertiary/aromatic N) is 1. The Kier molecular flexibility index (Phi) is 4.89. The molecule has 102 valence electrons. The average Bonchev–Trinajstić information content (AvgIpc) is 2.49. The van der Waals surface area contributed by atoms with E-state index in [-0.39, 0.29) is 6.04 Å². The van der Waals surface area contributed by atoms with Crippen molar-refractivity contribution in [2.45, 2.75) is 26.5 Å². The van der Waals surface area contributed by atoms with Crippen molar-refractivity contribution in [2.75, 3.05) is 0 Å². The third-order valence-corrected chi connectivity index (χ3v) is 3.21. The Hall–Kier alpha value is -2.15. The highest BCUT2D eigenvalue weighted by Crippen LogP contribution is 2.25. The molecule has 0 radical (unpaired) electrons. The molecule has 0 heterocycles. The van der Waals surface area contributed by atoms with Gasteiger partial charge in [0.2, 0.25) is 0 Å². The zero-order valence-corrected chi connectivity index (χ0v) is 11.8. The maximum atomic E-state index is 8.69. The second-order valence-corrected chi connectivity index (χ2v) is 4.71. The quantitative estimate of drug-likeness (QED) is 0.841. The minimum Gasteiger partial charge on any atom is -0.296 e. The minimum absolute atomic E-state index is 0.312. The Morgan fingerprint density at radius 1 is 1.15 bits per heavy atom. The standard InChI is InChI=1S/C17H18N2O/c1-13(11-18)19-20-12-16-9-6-10-17(14(16)2)15-7-4-3-5-8-15/h3-10,13,19H,12H2,1-2H3. The fraction of sp³-hybridized carbons (Fsp3) is 0.235. The van der Waals surface area contributed by atoms with Gasteiger partial charge in [-0.25, -0.2) is 0 Å². The smallest absolute Gasteiger partial charge is 0.116 e. The molecule has 3 heteroatoms. The summed E-state index contributed by atoms with van der Waals surface area (Å²) >= 11 is 0. The third kappa shape index (κ3) is 3.45. The van der Waals surface area contributed by atoms with Gasteiger partial charge in [0, 0.05) is 0 Å². The van der Waals surface area contributed by atoms with Gasteiger partial charge in [-0.2, -0.15) is 10.7 Å². The van der Waals surface area contributed by atoms with E-state index in [0.717, 1.165) is 5.56 Å². The lowest BCUT2D eigenvalue weighted by molar-refractivity contribution is 0.0182. The molecule has 0 saturated heterocycles. The third-order valence-electron chi connectivity index (χ3n) is 3.21. The highest BCUT2D eigenvalue weighted by atomic mass is 16.6. The predicted octanol–water partition coefficient (Wildman–Crippen LogP) is 3.60. The van der Waals surface area contributed by atoms with Crippen molar-refractivity contribution < 1.29 is 4.84 Å². The van der Waals surface area contributed by atoms with E-state index < -0.39 is 0 Å². The van der Waals surface area contributed by atoms with E-state index in [2.05, 4.69) is 36.7 Å².